The van der Waals surface area contributed by atoms with Gasteiger partial charge in [-0.1, -0.05) is 12.8 Å². The highest BCUT2D eigenvalue weighted by molar-refractivity contribution is 5.86. The molecule has 0 aromatic heterocycles. The predicted octanol–water partition coefficient (Wildman–Crippen LogP) is 0.892. The van der Waals surface area contributed by atoms with Crippen LogP contribution in [0.5, 0.6) is 0 Å². The Morgan fingerprint density at radius 3 is 2.65 bits per heavy atom. The maximum atomic E-state index is 12.6. The van der Waals surface area contributed by atoms with Crippen molar-refractivity contribution in [2.24, 2.45) is 0 Å². The molecule has 2 fully saturated rings. The lowest BCUT2D eigenvalue weighted by molar-refractivity contribution is -0.140. The first-order valence-corrected chi connectivity index (χ1v) is 6.84. The van der Waals surface area contributed by atoms with Gasteiger partial charge in [-0.15, -0.1) is 0 Å². The Morgan fingerprint density at radius 2 is 2.12 bits per heavy atom. The molecule has 1 amide bonds. The molecular formula is C13H24N2O2. The van der Waals surface area contributed by atoms with Crippen molar-refractivity contribution in [3.8, 4) is 0 Å². The fourth-order valence-electron chi connectivity index (χ4n) is 3.17. The van der Waals surface area contributed by atoms with Gasteiger partial charge in [-0.3, -0.25) is 4.79 Å². The number of aliphatic hydroxyl groups excluding tert-OH is 1. The number of aliphatic hydroxyl groups is 1. The van der Waals surface area contributed by atoms with Crippen LogP contribution in [0.25, 0.3) is 0 Å². The Balaban J connectivity index is 2.06. The monoisotopic (exact) mass is 240 g/mol. The quantitative estimate of drug-likeness (QED) is 0.767. The number of nitrogens with zero attached hydrogens (tertiary/aromatic N) is 1. The molecule has 0 radical (unpaired) electrons. The van der Waals surface area contributed by atoms with Crippen LogP contribution in [-0.4, -0.2) is 47.2 Å². The second-order valence-electron chi connectivity index (χ2n) is 5.52. The summed E-state index contributed by atoms with van der Waals surface area (Å²) in [5, 5.41) is 12.5. The third-order valence-electron chi connectivity index (χ3n) is 4.21. The number of rotatable bonds is 4. The van der Waals surface area contributed by atoms with E-state index in [2.05, 4.69) is 5.32 Å². The maximum absolute atomic E-state index is 12.6. The predicted molar refractivity (Wildman–Crippen MR) is 66.7 cm³/mol. The first-order valence-electron chi connectivity index (χ1n) is 6.84. The summed E-state index contributed by atoms with van der Waals surface area (Å²) in [6.45, 7) is 3.49. The number of hydrogen-bond acceptors (Lipinski definition) is 3. The minimum atomic E-state index is -0.391. The molecule has 2 rings (SSSR count). The van der Waals surface area contributed by atoms with Gasteiger partial charge in [0.1, 0.15) is 0 Å². The van der Waals surface area contributed by atoms with Crippen LogP contribution in [0.15, 0.2) is 0 Å². The van der Waals surface area contributed by atoms with E-state index in [1.165, 1.54) is 12.8 Å². The largest absolute Gasteiger partial charge is 0.395 e. The molecule has 0 aromatic rings. The molecular weight excluding hydrogens is 216 g/mol. The van der Waals surface area contributed by atoms with Crippen molar-refractivity contribution in [2.45, 2.75) is 57.0 Å². The van der Waals surface area contributed by atoms with Gasteiger partial charge in [0.25, 0.3) is 0 Å². The van der Waals surface area contributed by atoms with Crippen LogP contribution in [0.4, 0.5) is 0 Å². The lowest BCUT2D eigenvalue weighted by atomic mass is 9.97. The van der Waals surface area contributed by atoms with E-state index in [-0.39, 0.29) is 12.5 Å². The lowest BCUT2D eigenvalue weighted by Gasteiger charge is -2.35. The van der Waals surface area contributed by atoms with Gasteiger partial charge < -0.3 is 15.3 Å². The smallest absolute Gasteiger partial charge is 0.242 e. The Hall–Kier alpha value is -0.610. The normalized spacial score (nSPS) is 29.8. The SMILES string of the molecule is CC1(C(=O)N(CCO)C2CCCC2)CCCN1. The topological polar surface area (TPSA) is 52.6 Å². The van der Waals surface area contributed by atoms with Crippen LogP contribution in [-0.2, 0) is 4.79 Å². The first-order chi connectivity index (χ1) is 8.17. The third-order valence-corrected chi connectivity index (χ3v) is 4.21. The molecule has 1 saturated heterocycles. The minimum Gasteiger partial charge on any atom is -0.395 e. The maximum Gasteiger partial charge on any atom is 0.242 e. The molecule has 0 aromatic carbocycles. The highest BCUT2D eigenvalue weighted by Crippen LogP contribution is 2.28. The summed E-state index contributed by atoms with van der Waals surface area (Å²) >= 11 is 0. The fraction of sp³-hybridized carbons (Fsp3) is 0.923. The Morgan fingerprint density at radius 1 is 1.41 bits per heavy atom. The molecule has 1 unspecified atom stereocenters. The lowest BCUT2D eigenvalue weighted by Crippen LogP contribution is -2.56. The van der Waals surface area contributed by atoms with Crippen molar-refractivity contribution >= 4 is 5.91 Å². The summed E-state index contributed by atoms with van der Waals surface area (Å²) in [5.41, 5.74) is -0.391. The second kappa shape index (κ2) is 5.36. The molecule has 1 aliphatic heterocycles. The summed E-state index contributed by atoms with van der Waals surface area (Å²) in [6, 6.07) is 0.355. The molecule has 2 N–H and O–H groups in total. The Labute approximate surface area is 103 Å². The first kappa shape index (κ1) is 12.8. The van der Waals surface area contributed by atoms with Crippen LogP contribution in [0.1, 0.15) is 45.4 Å². The summed E-state index contributed by atoms with van der Waals surface area (Å²) in [4.78, 5) is 14.5. The summed E-state index contributed by atoms with van der Waals surface area (Å²) in [7, 11) is 0. The molecule has 4 nitrogen and oxygen atoms in total. The molecule has 1 heterocycles. The Bertz CT molecular complexity index is 269. The van der Waals surface area contributed by atoms with Gasteiger partial charge in [0.2, 0.25) is 5.91 Å². The number of amides is 1. The molecule has 0 bridgehead atoms. The third kappa shape index (κ3) is 2.63. The van der Waals surface area contributed by atoms with E-state index in [1.807, 2.05) is 11.8 Å². The van der Waals surface area contributed by atoms with Crippen molar-refractivity contribution in [1.29, 1.82) is 0 Å². The molecule has 1 saturated carbocycles. The van der Waals surface area contributed by atoms with Crippen molar-refractivity contribution in [2.75, 3.05) is 19.7 Å². The highest BCUT2D eigenvalue weighted by Gasteiger charge is 2.41. The van der Waals surface area contributed by atoms with Crippen molar-refractivity contribution in [1.82, 2.24) is 10.2 Å². The Kier molecular flexibility index (Phi) is 4.05. The van der Waals surface area contributed by atoms with Gasteiger partial charge in [-0.05, 0) is 39.2 Å². The highest BCUT2D eigenvalue weighted by atomic mass is 16.3. The fourth-order valence-corrected chi connectivity index (χ4v) is 3.17. The molecule has 0 spiro atoms. The average molecular weight is 240 g/mol. The zero-order chi connectivity index (χ0) is 12.3. The van der Waals surface area contributed by atoms with Gasteiger partial charge in [0, 0.05) is 12.6 Å². The number of carbonyl (C=O) groups excluding carboxylic acids is 1. The van der Waals surface area contributed by atoms with Crippen LogP contribution < -0.4 is 5.32 Å². The van der Waals surface area contributed by atoms with Gasteiger partial charge in [-0.2, -0.15) is 0 Å². The van der Waals surface area contributed by atoms with E-state index in [0.717, 1.165) is 32.2 Å². The van der Waals surface area contributed by atoms with E-state index in [0.29, 0.717) is 12.6 Å². The zero-order valence-electron chi connectivity index (χ0n) is 10.7. The number of hydrogen-bond donors (Lipinski definition) is 2. The molecule has 2 aliphatic rings. The van der Waals surface area contributed by atoms with Crippen LogP contribution in [0, 0.1) is 0 Å². The van der Waals surface area contributed by atoms with Gasteiger partial charge >= 0.3 is 0 Å². The van der Waals surface area contributed by atoms with Gasteiger partial charge in [-0.25, -0.2) is 0 Å². The number of nitrogens with one attached hydrogen (secondary N) is 1. The van der Waals surface area contributed by atoms with E-state index in [9.17, 15) is 4.79 Å². The van der Waals surface area contributed by atoms with Gasteiger partial charge in [0.05, 0.1) is 12.1 Å². The summed E-state index contributed by atoms with van der Waals surface area (Å²) in [5.74, 6) is 0.191. The van der Waals surface area contributed by atoms with Crippen LogP contribution >= 0.6 is 0 Å². The van der Waals surface area contributed by atoms with Crippen molar-refractivity contribution < 1.29 is 9.90 Å². The van der Waals surface area contributed by atoms with Crippen LogP contribution in [0.2, 0.25) is 0 Å². The second-order valence-corrected chi connectivity index (χ2v) is 5.52. The molecule has 17 heavy (non-hydrogen) atoms. The summed E-state index contributed by atoms with van der Waals surface area (Å²) in [6.07, 6.45) is 6.61. The van der Waals surface area contributed by atoms with E-state index >= 15 is 0 Å². The standard InChI is InChI=1S/C13H24N2O2/c1-13(7-4-8-14-13)12(17)15(9-10-16)11-5-2-3-6-11/h11,14,16H,2-10H2,1H3. The van der Waals surface area contributed by atoms with E-state index in [1.54, 1.807) is 0 Å². The molecule has 1 aliphatic carbocycles. The zero-order valence-corrected chi connectivity index (χ0v) is 10.7. The summed E-state index contributed by atoms with van der Waals surface area (Å²) < 4.78 is 0. The molecule has 98 valence electrons. The number of carbonyl (C=O) groups is 1. The average Bonchev–Trinajstić information content (AvgIpc) is 2.96. The molecule has 1 atom stereocenters. The van der Waals surface area contributed by atoms with Crippen molar-refractivity contribution in [3.05, 3.63) is 0 Å². The minimum absolute atomic E-state index is 0.0678. The molecule has 4 heteroatoms. The van der Waals surface area contributed by atoms with Crippen LogP contribution in [0.3, 0.4) is 0 Å². The van der Waals surface area contributed by atoms with Gasteiger partial charge in [0.15, 0.2) is 0 Å². The van der Waals surface area contributed by atoms with E-state index < -0.39 is 5.54 Å². The van der Waals surface area contributed by atoms with E-state index in [4.69, 9.17) is 5.11 Å². The van der Waals surface area contributed by atoms with Crippen molar-refractivity contribution in [3.63, 3.8) is 0 Å².